The molecule has 0 fully saturated rings. The second-order valence-corrected chi connectivity index (χ2v) is 5.63. The molecule has 0 aliphatic carbocycles. The van der Waals surface area contributed by atoms with Crippen molar-refractivity contribution in [2.75, 3.05) is 11.9 Å². The molecule has 0 atom stereocenters. The monoisotopic (exact) mass is 342 g/mol. The number of hydrogen-bond donors (Lipinski definition) is 1. The highest BCUT2D eigenvalue weighted by atomic mass is 16.6. The first-order valence-corrected chi connectivity index (χ1v) is 7.61. The quantitative estimate of drug-likeness (QED) is 0.494. The van der Waals surface area contributed by atoms with Crippen molar-refractivity contribution in [2.45, 2.75) is 20.3 Å². The number of non-ortho nitro benzene ring substituents is 1. The zero-order valence-electron chi connectivity index (χ0n) is 13.9. The van der Waals surface area contributed by atoms with Crippen LogP contribution in [0.25, 0.3) is 0 Å². The molecule has 0 bridgehead atoms. The molecular weight excluding hydrogens is 324 g/mol. The third-order valence-electron chi connectivity index (χ3n) is 3.54. The fraction of sp³-hybridized carbons (Fsp3) is 0.222. The highest BCUT2D eigenvalue weighted by Gasteiger charge is 2.13. The molecule has 1 N–H and O–H groups in total. The molecule has 130 valence electrons. The van der Waals surface area contributed by atoms with Gasteiger partial charge in [-0.3, -0.25) is 19.7 Å². The van der Waals surface area contributed by atoms with Crippen LogP contribution in [0.5, 0.6) is 0 Å². The first-order chi connectivity index (χ1) is 11.8. The number of aryl methyl sites for hydroxylation is 2. The van der Waals surface area contributed by atoms with E-state index in [1.54, 1.807) is 6.92 Å². The number of nitro groups is 1. The molecule has 2 aromatic rings. The lowest BCUT2D eigenvalue weighted by Crippen LogP contribution is -2.22. The molecule has 0 aliphatic rings. The summed E-state index contributed by atoms with van der Waals surface area (Å²) in [5, 5.41) is 13.3. The Bertz CT molecular complexity index is 800. The lowest BCUT2D eigenvalue weighted by Gasteiger charge is -2.09. The zero-order chi connectivity index (χ0) is 18.4. The standard InChI is InChI=1S/C18H18N2O5/c1-12-3-6-14(7-4-12)9-18(22)25-11-17(21)19-16-10-15(20(23)24)8-5-13(16)2/h3-8,10H,9,11H2,1-2H3,(H,19,21). The number of carbonyl (C=O) groups is 2. The number of nitrogens with zero attached hydrogens (tertiary/aromatic N) is 1. The second-order valence-electron chi connectivity index (χ2n) is 5.63. The molecule has 7 nitrogen and oxygen atoms in total. The number of esters is 1. The van der Waals surface area contributed by atoms with Gasteiger partial charge in [0, 0.05) is 12.1 Å². The molecule has 0 heterocycles. The maximum atomic E-state index is 11.9. The molecule has 7 heteroatoms. The summed E-state index contributed by atoms with van der Waals surface area (Å²) in [6, 6.07) is 11.6. The topological polar surface area (TPSA) is 98.5 Å². The van der Waals surface area contributed by atoms with Gasteiger partial charge in [-0.25, -0.2) is 0 Å². The molecule has 2 rings (SSSR count). The third kappa shape index (κ3) is 5.42. The van der Waals surface area contributed by atoms with E-state index in [4.69, 9.17) is 4.74 Å². The lowest BCUT2D eigenvalue weighted by molar-refractivity contribution is -0.384. The molecule has 0 aromatic heterocycles. The van der Waals surface area contributed by atoms with Gasteiger partial charge in [0.15, 0.2) is 6.61 Å². The van der Waals surface area contributed by atoms with Crippen molar-refractivity contribution in [2.24, 2.45) is 0 Å². The Hall–Kier alpha value is -3.22. The van der Waals surface area contributed by atoms with E-state index in [9.17, 15) is 19.7 Å². The van der Waals surface area contributed by atoms with Crippen LogP contribution in [0.15, 0.2) is 42.5 Å². The van der Waals surface area contributed by atoms with Crippen LogP contribution >= 0.6 is 0 Å². The molecule has 0 saturated heterocycles. The van der Waals surface area contributed by atoms with Gasteiger partial charge in [0.2, 0.25) is 0 Å². The number of nitro benzene ring substituents is 1. The molecule has 2 aromatic carbocycles. The maximum Gasteiger partial charge on any atom is 0.310 e. The van der Waals surface area contributed by atoms with Crippen molar-refractivity contribution in [3.8, 4) is 0 Å². The number of ether oxygens (including phenoxy) is 1. The van der Waals surface area contributed by atoms with Crippen molar-refractivity contribution in [3.63, 3.8) is 0 Å². The highest BCUT2D eigenvalue weighted by Crippen LogP contribution is 2.21. The molecule has 0 unspecified atom stereocenters. The number of hydrogen-bond acceptors (Lipinski definition) is 5. The Morgan fingerprint density at radius 2 is 1.80 bits per heavy atom. The zero-order valence-corrected chi connectivity index (χ0v) is 13.9. The first kappa shape index (κ1) is 18.1. The third-order valence-corrected chi connectivity index (χ3v) is 3.54. The molecule has 0 radical (unpaired) electrons. The van der Waals surface area contributed by atoms with Gasteiger partial charge in [0.1, 0.15) is 0 Å². The molecular formula is C18H18N2O5. The molecule has 0 spiro atoms. The molecule has 1 amide bonds. The van der Waals surface area contributed by atoms with Crippen molar-refractivity contribution in [1.29, 1.82) is 0 Å². The van der Waals surface area contributed by atoms with Gasteiger partial charge in [-0.1, -0.05) is 35.9 Å². The van der Waals surface area contributed by atoms with Crippen LogP contribution in [0.4, 0.5) is 11.4 Å². The van der Waals surface area contributed by atoms with Crippen LogP contribution in [-0.4, -0.2) is 23.4 Å². The number of nitrogens with one attached hydrogen (secondary N) is 1. The average molecular weight is 342 g/mol. The van der Waals surface area contributed by atoms with Crippen molar-refractivity contribution in [3.05, 3.63) is 69.3 Å². The minimum absolute atomic E-state index is 0.0728. The normalized spacial score (nSPS) is 10.2. The predicted octanol–water partition coefficient (Wildman–Crippen LogP) is 2.94. The van der Waals surface area contributed by atoms with Crippen LogP contribution in [0, 0.1) is 24.0 Å². The Morgan fingerprint density at radius 3 is 2.44 bits per heavy atom. The summed E-state index contributed by atoms with van der Waals surface area (Å²) in [6.07, 6.45) is 0.0728. The molecule has 0 saturated carbocycles. The fourth-order valence-corrected chi connectivity index (χ4v) is 2.11. The van der Waals surface area contributed by atoms with E-state index in [0.717, 1.165) is 11.1 Å². The Balaban J connectivity index is 1.88. The predicted molar refractivity (Wildman–Crippen MR) is 92.3 cm³/mol. The fourth-order valence-electron chi connectivity index (χ4n) is 2.11. The maximum absolute atomic E-state index is 11.9. The Labute approximate surface area is 144 Å². The van der Waals surface area contributed by atoms with Gasteiger partial charge >= 0.3 is 5.97 Å². The number of rotatable bonds is 6. The largest absolute Gasteiger partial charge is 0.455 e. The molecule has 25 heavy (non-hydrogen) atoms. The van der Waals surface area contributed by atoms with Crippen LogP contribution in [0.2, 0.25) is 0 Å². The summed E-state index contributed by atoms with van der Waals surface area (Å²) in [5.41, 5.74) is 2.74. The van der Waals surface area contributed by atoms with Crippen LogP contribution in [-0.2, 0) is 20.7 Å². The van der Waals surface area contributed by atoms with Crippen LogP contribution < -0.4 is 5.32 Å². The lowest BCUT2D eigenvalue weighted by atomic mass is 10.1. The van der Waals surface area contributed by atoms with Gasteiger partial charge < -0.3 is 10.1 Å². The van der Waals surface area contributed by atoms with E-state index in [1.807, 2.05) is 31.2 Å². The van der Waals surface area contributed by atoms with Crippen LogP contribution in [0.3, 0.4) is 0 Å². The van der Waals surface area contributed by atoms with Crippen LogP contribution in [0.1, 0.15) is 16.7 Å². The van der Waals surface area contributed by atoms with E-state index < -0.39 is 23.4 Å². The molecule has 0 aliphatic heterocycles. The summed E-state index contributed by atoms with van der Waals surface area (Å²) < 4.78 is 4.94. The van der Waals surface area contributed by atoms with Gasteiger partial charge in [-0.05, 0) is 25.0 Å². The van der Waals surface area contributed by atoms with Crippen molar-refractivity contribution in [1.82, 2.24) is 0 Å². The van der Waals surface area contributed by atoms with Gasteiger partial charge in [0.05, 0.1) is 17.0 Å². The van der Waals surface area contributed by atoms with E-state index >= 15 is 0 Å². The minimum atomic E-state index is -0.555. The summed E-state index contributed by atoms with van der Waals surface area (Å²) in [4.78, 5) is 33.9. The summed E-state index contributed by atoms with van der Waals surface area (Å²) in [5.74, 6) is -1.07. The van der Waals surface area contributed by atoms with Gasteiger partial charge in [-0.15, -0.1) is 0 Å². The summed E-state index contributed by atoms with van der Waals surface area (Å²) >= 11 is 0. The number of carbonyl (C=O) groups excluding carboxylic acids is 2. The SMILES string of the molecule is Cc1ccc(CC(=O)OCC(=O)Nc2cc([N+](=O)[O-])ccc2C)cc1. The van der Waals surface area contributed by atoms with E-state index in [1.165, 1.54) is 18.2 Å². The Kier molecular flexibility index (Phi) is 5.84. The first-order valence-electron chi connectivity index (χ1n) is 7.61. The van der Waals surface area contributed by atoms with Crippen molar-refractivity contribution >= 4 is 23.3 Å². The van der Waals surface area contributed by atoms with E-state index in [-0.39, 0.29) is 12.1 Å². The summed E-state index contributed by atoms with van der Waals surface area (Å²) in [7, 11) is 0. The average Bonchev–Trinajstić information content (AvgIpc) is 2.57. The number of amides is 1. The highest BCUT2D eigenvalue weighted by molar-refractivity contribution is 5.93. The van der Waals surface area contributed by atoms with E-state index in [0.29, 0.717) is 11.3 Å². The second kappa shape index (κ2) is 8.05. The van der Waals surface area contributed by atoms with E-state index in [2.05, 4.69) is 5.32 Å². The smallest absolute Gasteiger partial charge is 0.310 e. The number of anilines is 1. The summed E-state index contributed by atoms with van der Waals surface area (Å²) in [6.45, 7) is 3.21. The van der Waals surface area contributed by atoms with Crippen molar-refractivity contribution < 1.29 is 19.2 Å². The van der Waals surface area contributed by atoms with Gasteiger partial charge in [-0.2, -0.15) is 0 Å². The van der Waals surface area contributed by atoms with Gasteiger partial charge in [0.25, 0.3) is 11.6 Å². The number of benzene rings is 2. The Morgan fingerprint density at radius 1 is 1.12 bits per heavy atom. The minimum Gasteiger partial charge on any atom is -0.455 e.